The van der Waals surface area contributed by atoms with E-state index in [1.165, 1.54) is 11.3 Å². The smallest absolute Gasteiger partial charge is 0.266 e. The third kappa shape index (κ3) is 4.22. The predicted molar refractivity (Wildman–Crippen MR) is 148 cm³/mol. The number of hydrogen-bond acceptors (Lipinski definition) is 5. The lowest BCUT2D eigenvalue weighted by Crippen LogP contribution is -2.27. The Morgan fingerprint density at radius 2 is 1.81 bits per heavy atom. The molecule has 1 fully saturated rings. The van der Waals surface area contributed by atoms with Gasteiger partial charge in [-0.3, -0.25) is 9.59 Å². The zero-order chi connectivity index (χ0) is 25.6. The highest BCUT2D eigenvalue weighted by atomic mass is 35.5. The number of carbonyl (C=O) groups excluding carboxylic acids is 2. The normalized spacial score (nSPS) is 13.4. The van der Waals surface area contributed by atoms with Gasteiger partial charge in [-0.25, -0.2) is 4.98 Å². The first kappa shape index (κ1) is 24.3. The van der Waals surface area contributed by atoms with E-state index in [4.69, 9.17) is 22.3 Å². The van der Waals surface area contributed by atoms with Gasteiger partial charge in [0, 0.05) is 40.3 Å². The number of benzene rings is 2. The number of nitrogens with one attached hydrogen (secondary N) is 1. The van der Waals surface area contributed by atoms with Crippen molar-refractivity contribution < 1.29 is 9.59 Å². The van der Waals surface area contributed by atoms with Gasteiger partial charge in [-0.2, -0.15) is 0 Å². The molecule has 1 aliphatic rings. The molecule has 3 heterocycles. The van der Waals surface area contributed by atoms with E-state index in [9.17, 15) is 9.59 Å². The first-order chi connectivity index (χ1) is 17.3. The SMILES string of the molecule is Cc1ccc(NC(=O)c2c(C)nc3sc(C(=O)N4CCCC4)c(N)c3c2-c2ccccc2Cl)c(C)c1. The van der Waals surface area contributed by atoms with Gasteiger partial charge < -0.3 is 16.0 Å². The number of carbonyl (C=O) groups is 2. The number of nitrogen functional groups attached to an aromatic ring is 1. The highest BCUT2D eigenvalue weighted by molar-refractivity contribution is 7.21. The van der Waals surface area contributed by atoms with E-state index in [1.807, 2.05) is 55.1 Å². The lowest BCUT2D eigenvalue weighted by molar-refractivity contribution is 0.0798. The Morgan fingerprint density at radius 3 is 2.50 bits per heavy atom. The number of rotatable bonds is 4. The molecule has 4 aromatic rings. The van der Waals surface area contributed by atoms with Crippen LogP contribution in [0.2, 0.25) is 5.02 Å². The van der Waals surface area contributed by atoms with E-state index in [-0.39, 0.29) is 11.8 Å². The molecule has 2 aromatic heterocycles. The minimum atomic E-state index is -0.304. The number of anilines is 2. The highest BCUT2D eigenvalue weighted by Gasteiger charge is 2.30. The van der Waals surface area contributed by atoms with Gasteiger partial charge in [0.25, 0.3) is 11.8 Å². The van der Waals surface area contributed by atoms with Crippen LogP contribution in [-0.2, 0) is 0 Å². The number of fused-ring (bicyclic) bond motifs is 1. The summed E-state index contributed by atoms with van der Waals surface area (Å²) >= 11 is 7.93. The maximum Gasteiger partial charge on any atom is 0.266 e. The summed E-state index contributed by atoms with van der Waals surface area (Å²) in [5.74, 6) is -0.390. The van der Waals surface area contributed by atoms with Crippen LogP contribution in [0.4, 0.5) is 11.4 Å². The Kier molecular flexibility index (Phi) is 6.45. The second kappa shape index (κ2) is 9.56. The molecule has 1 saturated heterocycles. The summed E-state index contributed by atoms with van der Waals surface area (Å²) in [7, 11) is 0. The van der Waals surface area contributed by atoms with Crippen LogP contribution in [0.25, 0.3) is 21.3 Å². The number of aromatic nitrogens is 1. The molecule has 36 heavy (non-hydrogen) atoms. The van der Waals surface area contributed by atoms with E-state index >= 15 is 0 Å². The summed E-state index contributed by atoms with van der Waals surface area (Å²) in [6, 6.07) is 13.2. The summed E-state index contributed by atoms with van der Waals surface area (Å²) in [6.07, 6.45) is 1.98. The average Bonchev–Trinajstić information content (AvgIpc) is 3.48. The number of thiophene rings is 1. The lowest BCUT2D eigenvalue weighted by atomic mass is 9.94. The Hall–Kier alpha value is -3.42. The molecule has 3 N–H and O–H groups in total. The largest absolute Gasteiger partial charge is 0.397 e. The molecule has 8 heteroatoms. The van der Waals surface area contributed by atoms with Crippen molar-refractivity contribution in [1.29, 1.82) is 0 Å². The van der Waals surface area contributed by atoms with E-state index < -0.39 is 0 Å². The van der Waals surface area contributed by atoms with Gasteiger partial charge in [-0.05, 0) is 51.3 Å². The molecule has 0 bridgehead atoms. The molecule has 0 atom stereocenters. The molecule has 184 valence electrons. The number of amides is 2. The van der Waals surface area contributed by atoms with E-state index in [0.717, 1.165) is 42.7 Å². The molecular formula is C28H27ClN4O2S. The van der Waals surface area contributed by atoms with Gasteiger partial charge in [0.1, 0.15) is 9.71 Å². The first-order valence-corrected chi connectivity index (χ1v) is 13.1. The van der Waals surface area contributed by atoms with E-state index in [2.05, 4.69) is 5.32 Å². The van der Waals surface area contributed by atoms with E-state index in [1.54, 1.807) is 13.0 Å². The lowest BCUT2D eigenvalue weighted by Gasteiger charge is -2.17. The van der Waals surface area contributed by atoms with Crippen LogP contribution in [0.15, 0.2) is 42.5 Å². The van der Waals surface area contributed by atoms with Gasteiger partial charge in [0.15, 0.2) is 0 Å². The summed E-state index contributed by atoms with van der Waals surface area (Å²) < 4.78 is 0. The van der Waals surface area contributed by atoms with Crippen molar-refractivity contribution in [2.75, 3.05) is 24.1 Å². The summed E-state index contributed by atoms with van der Waals surface area (Å²) in [5, 5.41) is 4.13. The van der Waals surface area contributed by atoms with Crippen LogP contribution in [0, 0.1) is 20.8 Å². The second-order valence-corrected chi connectivity index (χ2v) is 10.6. The van der Waals surface area contributed by atoms with Crippen molar-refractivity contribution in [1.82, 2.24) is 9.88 Å². The van der Waals surface area contributed by atoms with Crippen LogP contribution in [0.5, 0.6) is 0 Å². The van der Waals surface area contributed by atoms with Gasteiger partial charge in [0.2, 0.25) is 0 Å². The Labute approximate surface area is 219 Å². The van der Waals surface area contributed by atoms with Gasteiger partial charge in [0.05, 0.1) is 16.9 Å². The van der Waals surface area contributed by atoms with Gasteiger partial charge in [-0.15, -0.1) is 11.3 Å². The number of hydrogen-bond donors (Lipinski definition) is 2. The minimum absolute atomic E-state index is 0.0861. The van der Waals surface area contributed by atoms with Gasteiger partial charge >= 0.3 is 0 Å². The van der Waals surface area contributed by atoms with E-state index in [0.29, 0.717) is 48.2 Å². The minimum Gasteiger partial charge on any atom is -0.397 e. The number of halogens is 1. The van der Waals surface area contributed by atoms with Crippen LogP contribution in [0.1, 0.15) is 49.7 Å². The number of nitrogens with two attached hydrogens (primary N) is 1. The molecule has 0 saturated carbocycles. The zero-order valence-corrected chi connectivity index (χ0v) is 22.0. The topological polar surface area (TPSA) is 88.3 Å². The number of pyridine rings is 1. The molecule has 6 nitrogen and oxygen atoms in total. The second-order valence-electron chi connectivity index (χ2n) is 9.22. The Balaban J connectivity index is 1.73. The Bertz CT molecular complexity index is 1520. The third-order valence-electron chi connectivity index (χ3n) is 6.65. The quantitative estimate of drug-likeness (QED) is 0.318. The monoisotopic (exact) mass is 518 g/mol. The molecule has 2 aromatic carbocycles. The summed E-state index contributed by atoms with van der Waals surface area (Å²) in [6.45, 7) is 7.21. The summed E-state index contributed by atoms with van der Waals surface area (Å²) in [4.78, 5) is 34.7. The Morgan fingerprint density at radius 1 is 1.08 bits per heavy atom. The molecule has 0 unspecified atom stereocenters. The molecule has 0 aliphatic carbocycles. The maximum atomic E-state index is 13.8. The molecule has 5 rings (SSSR count). The molecular weight excluding hydrogens is 492 g/mol. The van der Waals surface area contributed by atoms with Crippen LogP contribution >= 0.6 is 22.9 Å². The number of aryl methyl sites for hydroxylation is 3. The average molecular weight is 519 g/mol. The fourth-order valence-electron chi connectivity index (χ4n) is 4.84. The molecule has 0 radical (unpaired) electrons. The fraction of sp³-hybridized carbons (Fsp3) is 0.250. The standard InChI is InChI=1S/C28H27ClN4O2S/c1-15-10-11-20(16(2)14-15)32-26(34)21-17(3)31-27-23(22(21)18-8-4-5-9-19(18)29)24(30)25(36-27)28(35)33-12-6-7-13-33/h4-5,8-11,14H,6-7,12-13,30H2,1-3H3,(H,32,34). The van der Waals surface area contributed by atoms with Crippen molar-refractivity contribution in [3.05, 3.63) is 74.7 Å². The van der Waals surface area contributed by atoms with Crippen LogP contribution < -0.4 is 11.1 Å². The fourth-order valence-corrected chi connectivity index (χ4v) is 6.19. The van der Waals surface area contributed by atoms with Crippen molar-refractivity contribution >= 4 is 56.3 Å². The predicted octanol–water partition coefficient (Wildman–Crippen LogP) is 6.61. The summed E-state index contributed by atoms with van der Waals surface area (Å²) in [5.41, 5.74) is 12.0. The zero-order valence-electron chi connectivity index (χ0n) is 20.4. The third-order valence-corrected chi connectivity index (χ3v) is 8.06. The van der Waals surface area contributed by atoms with Crippen LogP contribution in [-0.4, -0.2) is 34.8 Å². The van der Waals surface area contributed by atoms with Crippen molar-refractivity contribution in [3.8, 4) is 11.1 Å². The van der Waals surface area contributed by atoms with Crippen molar-refractivity contribution in [2.45, 2.75) is 33.6 Å². The maximum absolute atomic E-state index is 13.8. The number of likely N-dealkylation sites (tertiary alicyclic amines) is 1. The van der Waals surface area contributed by atoms with Crippen molar-refractivity contribution in [3.63, 3.8) is 0 Å². The van der Waals surface area contributed by atoms with Gasteiger partial charge in [-0.1, -0.05) is 47.5 Å². The molecule has 2 amide bonds. The van der Waals surface area contributed by atoms with Crippen LogP contribution in [0.3, 0.4) is 0 Å². The molecule has 1 aliphatic heterocycles. The molecule has 0 spiro atoms. The first-order valence-electron chi connectivity index (χ1n) is 11.9. The number of nitrogens with zero attached hydrogens (tertiary/aromatic N) is 2. The van der Waals surface area contributed by atoms with Crippen molar-refractivity contribution in [2.24, 2.45) is 0 Å². The highest BCUT2D eigenvalue weighted by Crippen LogP contribution is 2.44.